The maximum Gasteiger partial charge on any atom is 0.305 e. The molecule has 0 aromatic rings. The first-order valence-electron chi connectivity index (χ1n) is 10.0. The summed E-state index contributed by atoms with van der Waals surface area (Å²) < 4.78 is 4.64. The molecule has 0 aliphatic carbocycles. The zero-order valence-corrected chi connectivity index (χ0v) is 17.8. The summed E-state index contributed by atoms with van der Waals surface area (Å²) in [5.74, 6) is 2.59. The fourth-order valence-electron chi connectivity index (χ4n) is 2.62. The number of methoxy groups -OCH3 is 1. The summed E-state index contributed by atoms with van der Waals surface area (Å²) in [5.41, 5.74) is 0. The minimum Gasteiger partial charge on any atom is -0.469 e. The van der Waals surface area contributed by atoms with Crippen molar-refractivity contribution >= 4 is 29.5 Å². The van der Waals surface area contributed by atoms with Gasteiger partial charge >= 0.3 is 5.97 Å². The molecule has 0 rings (SSSR count). The Morgan fingerprint density at radius 2 is 1.17 bits per heavy atom. The van der Waals surface area contributed by atoms with Gasteiger partial charge in [-0.25, -0.2) is 0 Å². The van der Waals surface area contributed by atoms with Crippen LogP contribution in [-0.4, -0.2) is 29.7 Å². The van der Waals surface area contributed by atoms with Crippen LogP contribution in [-0.2, 0) is 9.53 Å². The first-order valence-corrected chi connectivity index (χ1v) is 12.3. The SMILES string of the molecule is CCCCCCCCCSCSCCCCCCCCC(=O)OC. The van der Waals surface area contributed by atoms with Gasteiger partial charge in [0.15, 0.2) is 0 Å². The Balaban J connectivity index is 2.99. The quantitative estimate of drug-likeness (QED) is 0.137. The molecule has 2 nitrogen and oxygen atoms in total. The minimum atomic E-state index is -0.0691. The Morgan fingerprint density at radius 1 is 0.708 bits per heavy atom. The number of hydrogen-bond donors (Lipinski definition) is 0. The van der Waals surface area contributed by atoms with E-state index < -0.39 is 0 Å². The van der Waals surface area contributed by atoms with E-state index in [1.807, 2.05) is 0 Å². The zero-order chi connectivity index (χ0) is 17.7. The monoisotopic (exact) mass is 376 g/mol. The maximum absolute atomic E-state index is 11.0. The normalized spacial score (nSPS) is 10.9. The molecule has 0 unspecified atom stereocenters. The molecular formula is C20H40O2S2. The molecule has 0 saturated heterocycles. The number of thioether (sulfide) groups is 2. The van der Waals surface area contributed by atoms with Crippen molar-refractivity contribution < 1.29 is 9.53 Å². The highest BCUT2D eigenvalue weighted by Gasteiger charge is 1.99. The minimum absolute atomic E-state index is 0.0691. The topological polar surface area (TPSA) is 26.3 Å². The molecule has 4 heteroatoms. The van der Waals surface area contributed by atoms with E-state index in [1.165, 1.54) is 94.3 Å². The first kappa shape index (κ1) is 24.2. The third-order valence-electron chi connectivity index (χ3n) is 4.21. The molecule has 0 fully saturated rings. The molecule has 144 valence electrons. The lowest BCUT2D eigenvalue weighted by molar-refractivity contribution is -0.140. The number of carbonyl (C=O) groups is 1. The van der Waals surface area contributed by atoms with Gasteiger partial charge in [0, 0.05) is 11.5 Å². The molecular weight excluding hydrogens is 336 g/mol. The van der Waals surface area contributed by atoms with E-state index in [0.717, 1.165) is 12.8 Å². The van der Waals surface area contributed by atoms with Gasteiger partial charge in [0.25, 0.3) is 0 Å². The van der Waals surface area contributed by atoms with E-state index in [4.69, 9.17) is 0 Å². The van der Waals surface area contributed by atoms with Gasteiger partial charge < -0.3 is 4.74 Å². The van der Waals surface area contributed by atoms with Gasteiger partial charge in [-0.05, 0) is 30.8 Å². The summed E-state index contributed by atoms with van der Waals surface area (Å²) in [6.45, 7) is 2.28. The van der Waals surface area contributed by atoms with Crippen molar-refractivity contribution in [3.8, 4) is 0 Å². The lowest BCUT2D eigenvalue weighted by Crippen LogP contribution is -1.99. The van der Waals surface area contributed by atoms with Crippen LogP contribution >= 0.6 is 23.5 Å². The van der Waals surface area contributed by atoms with Crippen LogP contribution in [0, 0.1) is 0 Å². The second kappa shape index (κ2) is 21.2. The van der Waals surface area contributed by atoms with Crippen LogP contribution in [0.2, 0.25) is 0 Å². The van der Waals surface area contributed by atoms with Crippen LogP contribution in [0.3, 0.4) is 0 Å². The number of unbranched alkanes of at least 4 members (excludes halogenated alkanes) is 11. The zero-order valence-electron chi connectivity index (χ0n) is 16.2. The van der Waals surface area contributed by atoms with Crippen molar-refractivity contribution in [3.05, 3.63) is 0 Å². The van der Waals surface area contributed by atoms with Crippen molar-refractivity contribution in [3.63, 3.8) is 0 Å². The van der Waals surface area contributed by atoms with Gasteiger partial charge in [0.2, 0.25) is 0 Å². The lowest BCUT2D eigenvalue weighted by atomic mass is 10.1. The molecule has 0 amide bonds. The van der Waals surface area contributed by atoms with Crippen molar-refractivity contribution in [1.29, 1.82) is 0 Å². The van der Waals surface area contributed by atoms with Crippen LogP contribution in [0.1, 0.15) is 96.8 Å². The number of carbonyl (C=O) groups excluding carboxylic acids is 1. The van der Waals surface area contributed by atoms with E-state index in [9.17, 15) is 4.79 Å². The highest BCUT2D eigenvalue weighted by molar-refractivity contribution is 8.15. The summed E-state index contributed by atoms with van der Waals surface area (Å²) in [6, 6.07) is 0. The first-order chi connectivity index (χ1) is 11.8. The molecule has 0 saturated carbocycles. The van der Waals surface area contributed by atoms with Crippen molar-refractivity contribution in [1.82, 2.24) is 0 Å². The molecule has 0 radical (unpaired) electrons. The Kier molecular flexibility index (Phi) is 21.4. The summed E-state index contributed by atoms with van der Waals surface area (Å²) >= 11 is 4.23. The molecule has 0 aliphatic rings. The number of rotatable bonds is 19. The maximum atomic E-state index is 11.0. The Labute approximate surface area is 159 Å². The molecule has 0 N–H and O–H groups in total. The van der Waals surface area contributed by atoms with Crippen LogP contribution in [0.4, 0.5) is 0 Å². The highest BCUT2D eigenvalue weighted by atomic mass is 32.2. The number of esters is 1. The van der Waals surface area contributed by atoms with Crippen molar-refractivity contribution in [2.45, 2.75) is 96.8 Å². The van der Waals surface area contributed by atoms with Crippen LogP contribution < -0.4 is 0 Å². The average Bonchev–Trinajstić information content (AvgIpc) is 2.60. The predicted molar refractivity (Wildman–Crippen MR) is 112 cm³/mol. The van der Waals surface area contributed by atoms with E-state index in [2.05, 4.69) is 35.2 Å². The van der Waals surface area contributed by atoms with Gasteiger partial charge in [-0.1, -0.05) is 71.1 Å². The summed E-state index contributed by atoms with van der Waals surface area (Å²) in [5, 5.41) is 1.27. The third-order valence-corrected chi connectivity index (χ3v) is 6.69. The summed E-state index contributed by atoms with van der Waals surface area (Å²) in [4.78, 5) is 11.0. The van der Waals surface area contributed by atoms with Crippen molar-refractivity contribution in [2.75, 3.05) is 23.7 Å². The third kappa shape index (κ3) is 20.2. The Morgan fingerprint density at radius 3 is 1.67 bits per heavy atom. The van der Waals surface area contributed by atoms with E-state index in [1.54, 1.807) is 0 Å². The van der Waals surface area contributed by atoms with Gasteiger partial charge in [0.05, 0.1) is 7.11 Å². The second-order valence-corrected chi connectivity index (χ2v) is 9.08. The summed E-state index contributed by atoms with van der Waals surface area (Å²) in [7, 11) is 1.47. The van der Waals surface area contributed by atoms with Gasteiger partial charge in [-0.2, -0.15) is 23.5 Å². The molecule has 0 aliphatic heterocycles. The molecule has 0 spiro atoms. The van der Waals surface area contributed by atoms with Crippen LogP contribution in [0.5, 0.6) is 0 Å². The van der Waals surface area contributed by atoms with E-state index in [-0.39, 0.29) is 5.97 Å². The Hall–Kier alpha value is 0.170. The number of ether oxygens (including phenoxy) is 1. The highest BCUT2D eigenvalue weighted by Crippen LogP contribution is 2.17. The standard InChI is InChI=1S/C20H40O2S2/c1-3-4-5-6-8-11-14-17-23-19-24-18-15-12-9-7-10-13-16-20(21)22-2/h3-19H2,1-2H3. The van der Waals surface area contributed by atoms with Gasteiger partial charge in [0.1, 0.15) is 0 Å². The summed E-state index contributed by atoms with van der Waals surface area (Å²) in [6.07, 6.45) is 17.9. The van der Waals surface area contributed by atoms with E-state index in [0.29, 0.717) is 6.42 Å². The number of hydrogen-bond acceptors (Lipinski definition) is 4. The predicted octanol–water partition coefficient (Wildman–Crippen LogP) is 7.06. The van der Waals surface area contributed by atoms with Crippen LogP contribution in [0.25, 0.3) is 0 Å². The molecule has 0 heterocycles. The second-order valence-electron chi connectivity index (χ2n) is 6.50. The van der Waals surface area contributed by atoms with E-state index >= 15 is 0 Å². The van der Waals surface area contributed by atoms with Crippen molar-refractivity contribution in [2.24, 2.45) is 0 Å². The fraction of sp³-hybridized carbons (Fsp3) is 0.950. The largest absolute Gasteiger partial charge is 0.469 e. The average molecular weight is 377 g/mol. The van der Waals surface area contributed by atoms with Gasteiger partial charge in [-0.15, -0.1) is 0 Å². The van der Waals surface area contributed by atoms with Crippen LogP contribution in [0.15, 0.2) is 0 Å². The molecule has 0 atom stereocenters. The molecule has 0 bridgehead atoms. The molecule has 24 heavy (non-hydrogen) atoms. The molecule has 0 aromatic carbocycles. The van der Waals surface area contributed by atoms with Gasteiger partial charge in [-0.3, -0.25) is 4.79 Å². The molecule has 0 aromatic heterocycles. The lowest BCUT2D eigenvalue weighted by Gasteiger charge is -2.04. The Bertz CT molecular complexity index is 260. The fourth-order valence-corrected chi connectivity index (χ4v) is 4.85. The smallest absolute Gasteiger partial charge is 0.305 e.